The number of benzene rings is 1. The van der Waals surface area contributed by atoms with Gasteiger partial charge >= 0.3 is 11.9 Å². The number of allylic oxidation sites excluding steroid dienone is 1. The number of hydrogen-bond donors (Lipinski definition) is 1. The molecule has 2 N–H and O–H groups in total. The Morgan fingerprint density at radius 2 is 1.76 bits per heavy atom. The SMILES string of the molecule is CC(N)=CC(=O)OCc1ccc(C(=O)OC(C)(C)C)cc1. The predicted molar refractivity (Wildman–Crippen MR) is 79.4 cm³/mol. The highest BCUT2D eigenvalue weighted by Gasteiger charge is 2.17. The Morgan fingerprint density at radius 1 is 1.19 bits per heavy atom. The van der Waals surface area contributed by atoms with Gasteiger partial charge < -0.3 is 15.2 Å². The first-order valence-electron chi connectivity index (χ1n) is 6.60. The molecular formula is C16H21NO4. The van der Waals surface area contributed by atoms with Gasteiger partial charge in [-0.25, -0.2) is 9.59 Å². The lowest BCUT2D eigenvalue weighted by molar-refractivity contribution is -0.139. The van der Waals surface area contributed by atoms with E-state index in [9.17, 15) is 9.59 Å². The smallest absolute Gasteiger partial charge is 0.338 e. The Balaban J connectivity index is 2.60. The number of hydrogen-bond acceptors (Lipinski definition) is 5. The van der Waals surface area contributed by atoms with Gasteiger partial charge in [0.2, 0.25) is 0 Å². The van der Waals surface area contributed by atoms with Gasteiger partial charge in [-0.2, -0.15) is 0 Å². The molecule has 0 aromatic heterocycles. The van der Waals surface area contributed by atoms with E-state index < -0.39 is 11.6 Å². The van der Waals surface area contributed by atoms with E-state index in [1.54, 1.807) is 31.2 Å². The molecule has 0 amide bonds. The lowest BCUT2D eigenvalue weighted by atomic mass is 10.1. The zero-order chi connectivity index (χ0) is 16.0. The van der Waals surface area contributed by atoms with E-state index in [0.29, 0.717) is 11.3 Å². The molecule has 0 fully saturated rings. The maximum absolute atomic E-state index is 11.8. The predicted octanol–water partition coefficient (Wildman–Crippen LogP) is 2.55. The molecule has 0 saturated carbocycles. The number of carbonyl (C=O) groups excluding carboxylic acids is 2. The van der Waals surface area contributed by atoms with Gasteiger partial charge in [-0.05, 0) is 45.4 Å². The number of rotatable bonds is 4. The molecule has 0 radical (unpaired) electrons. The lowest BCUT2D eigenvalue weighted by Gasteiger charge is -2.19. The number of nitrogens with two attached hydrogens (primary N) is 1. The van der Waals surface area contributed by atoms with E-state index in [1.807, 2.05) is 20.8 Å². The van der Waals surface area contributed by atoms with Crippen molar-refractivity contribution < 1.29 is 19.1 Å². The third kappa shape index (κ3) is 6.61. The van der Waals surface area contributed by atoms with Gasteiger partial charge in [-0.1, -0.05) is 12.1 Å². The van der Waals surface area contributed by atoms with Crippen LogP contribution >= 0.6 is 0 Å². The summed E-state index contributed by atoms with van der Waals surface area (Å²) in [6.07, 6.45) is 1.22. The Bertz CT molecular complexity index is 534. The highest BCUT2D eigenvalue weighted by molar-refractivity contribution is 5.89. The van der Waals surface area contributed by atoms with Crippen LogP contribution in [-0.4, -0.2) is 17.5 Å². The third-order valence-electron chi connectivity index (χ3n) is 2.32. The van der Waals surface area contributed by atoms with Crippen molar-refractivity contribution in [2.24, 2.45) is 5.73 Å². The monoisotopic (exact) mass is 291 g/mol. The van der Waals surface area contributed by atoms with Crippen molar-refractivity contribution in [1.82, 2.24) is 0 Å². The average Bonchev–Trinajstić information content (AvgIpc) is 2.34. The number of carbonyl (C=O) groups is 2. The summed E-state index contributed by atoms with van der Waals surface area (Å²) in [6.45, 7) is 7.16. The number of esters is 2. The summed E-state index contributed by atoms with van der Waals surface area (Å²) < 4.78 is 10.3. The molecule has 1 aromatic carbocycles. The summed E-state index contributed by atoms with van der Waals surface area (Å²) in [5, 5.41) is 0. The summed E-state index contributed by atoms with van der Waals surface area (Å²) in [4.78, 5) is 23.1. The second kappa shape index (κ2) is 6.92. The van der Waals surface area contributed by atoms with Crippen LogP contribution in [0.3, 0.4) is 0 Å². The van der Waals surface area contributed by atoms with E-state index in [1.165, 1.54) is 6.08 Å². The minimum absolute atomic E-state index is 0.122. The fraction of sp³-hybridized carbons (Fsp3) is 0.375. The van der Waals surface area contributed by atoms with E-state index in [0.717, 1.165) is 5.56 Å². The first-order valence-corrected chi connectivity index (χ1v) is 6.60. The van der Waals surface area contributed by atoms with E-state index in [-0.39, 0.29) is 12.6 Å². The summed E-state index contributed by atoms with van der Waals surface area (Å²) in [6, 6.07) is 6.71. The fourth-order valence-corrected chi connectivity index (χ4v) is 1.46. The van der Waals surface area contributed by atoms with E-state index in [2.05, 4.69) is 0 Å². The standard InChI is InChI=1S/C16H21NO4/c1-11(17)9-14(18)20-10-12-5-7-13(8-6-12)15(19)21-16(2,3)4/h5-9H,10,17H2,1-4H3. The van der Waals surface area contributed by atoms with Crippen LogP contribution in [0.5, 0.6) is 0 Å². The molecule has 0 spiro atoms. The molecule has 0 aliphatic heterocycles. The van der Waals surface area contributed by atoms with Crippen molar-refractivity contribution in [3.63, 3.8) is 0 Å². The molecule has 0 bridgehead atoms. The molecule has 0 aliphatic carbocycles. The molecule has 21 heavy (non-hydrogen) atoms. The third-order valence-corrected chi connectivity index (χ3v) is 2.32. The molecule has 1 rings (SSSR count). The van der Waals surface area contributed by atoms with Crippen molar-refractivity contribution in [2.75, 3.05) is 0 Å². The molecule has 0 unspecified atom stereocenters. The van der Waals surface area contributed by atoms with Crippen LogP contribution in [0.2, 0.25) is 0 Å². The molecule has 1 aromatic rings. The Labute approximate surface area is 124 Å². The van der Waals surface area contributed by atoms with Gasteiger partial charge in [0.15, 0.2) is 0 Å². The fourth-order valence-electron chi connectivity index (χ4n) is 1.46. The van der Waals surface area contributed by atoms with Gasteiger partial charge in [0.25, 0.3) is 0 Å². The molecule has 0 saturated heterocycles. The van der Waals surface area contributed by atoms with Crippen LogP contribution in [0.15, 0.2) is 36.0 Å². The normalized spacial score (nSPS) is 11.9. The largest absolute Gasteiger partial charge is 0.458 e. The molecule has 114 valence electrons. The Morgan fingerprint density at radius 3 is 2.24 bits per heavy atom. The molecule has 0 aliphatic rings. The van der Waals surface area contributed by atoms with Crippen molar-refractivity contribution >= 4 is 11.9 Å². The van der Waals surface area contributed by atoms with Crippen molar-refractivity contribution in [3.8, 4) is 0 Å². The van der Waals surface area contributed by atoms with E-state index in [4.69, 9.17) is 15.2 Å². The summed E-state index contributed by atoms with van der Waals surface area (Å²) in [7, 11) is 0. The summed E-state index contributed by atoms with van der Waals surface area (Å²) >= 11 is 0. The zero-order valence-corrected chi connectivity index (χ0v) is 12.8. The van der Waals surface area contributed by atoms with Crippen LogP contribution in [0.1, 0.15) is 43.6 Å². The topological polar surface area (TPSA) is 78.6 Å². The van der Waals surface area contributed by atoms with Crippen LogP contribution < -0.4 is 5.73 Å². The number of ether oxygens (including phenoxy) is 2. The van der Waals surface area contributed by atoms with Gasteiger partial charge in [0, 0.05) is 11.8 Å². The molecule has 0 atom stereocenters. The second-order valence-electron chi connectivity index (χ2n) is 5.69. The first-order chi connectivity index (χ1) is 9.67. The van der Waals surface area contributed by atoms with Crippen LogP contribution in [-0.2, 0) is 20.9 Å². The second-order valence-corrected chi connectivity index (χ2v) is 5.69. The highest BCUT2D eigenvalue weighted by atomic mass is 16.6. The molecule has 0 heterocycles. The maximum Gasteiger partial charge on any atom is 0.338 e. The molecule has 5 heteroatoms. The minimum Gasteiger partial charge on any atom is -0.458 e. The zero-order valence-electron chi connectivity index (χ0n) is 12.8. The average molecular weight is 291 g/mol. The van der Waals surface area contributed by atoms with Gasteiger partial charge in [0.05, 0.1) is 5.56 Å². The highest BCUT2D eigenvalue weighted by Crippen LogP contribution is 2.13. The van der Waals surface area contributed by atoms with Gasteiger partial charge in [-0.15, -0.1) is 0 Å². The maximum atomic E-state index is 11.8. The summed E-state index contributed by atoms with van der Waals surface area (Å²) in [5.41, 5.74) is 6.47. The quantitative estimate of drug-likeness (QED) is 0.681. The Hall–Kier alpha value is -2.30. The molecule has 5 nitrogen and oxygen atoms in total. The van der Waals surface area contributed by atoms with E-state index >= 15 is 0 Å². The van der Waals surface area contributed by atoms with Gasteiger partial charge in [-0.3, -0.25) is 0 Å². The first kappa shape index (κ1) is 16.8. The van der Waals surface area contributed by atoms with Crippen LogP contribution in [0.25, 0.3) is 0 Å². The van der Waals surface area contributed by atoms with Crippen molar-refractivity contribution in [2.45, 2.75) is 39.9 Å². The van der Waals surface area contributed by atoms with Crippen LogP contribution in [0, 0.1) is 0 Å². The van der Waals surface area contributed by atoms with Crippen LogP contribution in [0.4, 0.5) is 0 Å². The molecular weight excluding hydrogens is 270 g/mol. The van der Waals surface area contributed by atoms with Crippen molar-refractivity contribution in [1.29, 1.82) is 0 Å². The Kier molecular flexibility index (Phi) is 5.52. The minimum atomic E-state index is -0.530. The van der Waals surface area contributed by atoms with Crippen molar-refractivity contribution in [3.05, 3.63) is 47.2 Å². The van der Waals surface area contributed by atoms with Gasteiger partial charge in [0.1, 0.15) is 12.2 Å². The lowest BCUT2D eigenvalue weighted by Crippen LogP contribution is -2.23. The summed E-state index contributed by atoms with van der Waals surface area (Å²) in [5.74, 6) is -0.876.